The summed E-state index contributed by atoms with van der Waals surface area (Å²) in [4.78, 5) is 3.37. The van der Waals surface area contributed by atoms with Crippen LogP contribution in [0.4, 0.5) is 5.69 Å². The molecule has 1 aromatic rings. The lowest BCUT2D eigenvalue weighted by molar-refractivity contribution is 1.14. The molecule has 1 aliphatic rings. The zero-order valence-electron chi connectivity index (χ0n) is 8.47. The van der Waals surface area contributed by atoms with Crippen LogP contribution in [0, 0.1) is 0 Å². The standard InChI is InChI=1S/C11H12ClNS/c1-7(2)11-13(3)9-6-4-5-8(12)10(9)14-11/h4-6H,1-3H3. The number of fused-ring (bicyclic) bond motifs is 1. The van der Waals surface area contributed by atoms with E-state index in [2.05, 4.69) is 31.9 Å². The smallest absolute Gasteiger partial charge is 0.0785 e. The molecule has 1 nitrogen and oxygen atoms in total. The first-order valence-corrected chi connectivity index (χ1v) is 5.68. The van der Waals surface area contributed by atoms with Gasteiger partial charge in [-0.15, -0.1) is 0 Å². The van der Waals surface area contributed by atoms with Crippen LogP contribution in [0.3, 0.4) is 0 Å². The molecule has 0 bridgehead atoms. The molecule has 0 saturated heterocycles. The molecule has 0 radical (unpaired) electrons. The number of anilines is 1. The Labute approximate surface area is 93.7 Å². The lowest BCUT2D eigenvalue weighted by Crippen LogP contribution is -2.10. The molecule has 0 aliphatic carbocycles. The molecule has 1 aliphatic heterocycles. The summed E-state index contributed by atoms with van der Waals surface area (Å²) in [7, 11) is 2.08. The van der Waals surface area contributed by atoms with E-state index in [9.17, 15) is 0 Å². The molecule has 0 N–H and O–H groups in total. The van der Waals surface area contributed by atoms with Gasteiger partial charge in [-0.05, 0) is 31.6 Å². The van der Waals surface area contributed by atoms with Crippen molar-refractivity contribution in [2.24, 2.45) is 0 Å². The van der Waals surface area contributed by atoms with Crippen LogP contribution in [0.1, 0.15) is 13.8 Å². The number of hydrogen-bond acceptors (Lipinski definition) is 2. The number of hydrogen-bond donors (Lipinski definition) is 0. The van der Waals surface area contributed by atoms with Gasteiger partial charge in [0.15, 0.2) is 0 Å². The molecule has 0 amide bonds. The summed E-state index contributed by atoms with van der Waals surface area (Å²) in [5.74, 6) is 0. The molecule has 0 saturated carbocycles. The van der Waals surface area contributed by atoms with Gasteiger partial charge >= 0.3 is 0 Å². The second-order valence-electron chi connectivity index (χ2n) is 3.55. The third kappa shape index (κ3) is 1.43. The summed E-state index contributed by atoms with van der Waals surface area (Å²) < 4.78 is 0. The van der Waals surface area contributed by atoms with E-state index in [1.165, 1.54) is 21.2 Å². The van der Waals surface area contributed by atoms with E-state index in [4.69, 9.17) is 11.6 Å². The van der Waals surface area contributed by atoms with Gasteiger partial charge in [-0.25, -0.2) is 0 Å². The van der Waals surface area contributed by atoms with Crippen molar-refractivity contribution >= 4 is 29.1 Å². The van der Waals surface area contributed by atoms with E-state index in [0.29, 0.717) is 0 Å². The third-order valence-corrected chi connectivity index (χ3v) is 4.17. The van der Waals surface area contributed by atoms with Crippen molar-refractivity contribution in [3.8, 4) is 0 Å². The Morgan fingerprint density at radius 1 is 1.36 bits per heavy atom. The van der Waals surface area contributed by atoms with Gasteiger partial charge in [-0.2, -0.15) is 0 Å². The highest BCUT2D eigenvalue weighted by molar-refractivity contribution is 8.03. The number of rotatable bonds is 0. The molecule has 0 unspecified atom stereocenters. The fourth-order valence-corrected chi connectivity index (χ4v) is 2.97. The van der Waals surface area contributed by atoms with E-state index < -0.39 is 0 Å². The van der Waals surface area contributed by atoms with Crippen molar-refractivity contribution < 1.29 is 0 Å². The molecule has 1 heterocycles. The zero-order chi connectivity index (χ0) is 10.3. The molecule has 14 heavy (non-hydrogen) atoms. The normalized spacial score (nSPS) is 14.6. The zero-order valence-corrected chi connectivity index (χ0v) is 10.0. The second kappa shape index (κ2) is 3.52. The van der Waals surface area contributed by atoms with Gasteiger partial charge in [0.2, 0.25) is 0 Å². The maximum atomic E-state index is 6.13. The summed E-state index contributed by atoms with van der Waals surface area (Å²) in [6.07, 6.45) is 0. The average molecular weight is 226 g/mol. The molecular formula is C11H12ClNS. The Balaban J connectivity index is 2.56. The molecule has 3 heteroatoms. The predicted octanol–water partition coefficient (Wildman–Crippen LogP) is 4.13. The van der Waals surface area contributed by atoms with E-state index >= 15 is 0 Å². The predicted molar refractivity (Wildman–Crippen MR) is 64.1 cm³/mol. The quantitative estimate of drug-likeness (QED) is 0.653. The molecule has 2 rings (SSSR count). The van der Waals surface area contributed by atoms with Crippen LogP contribution in [0.15, 0.2) is 33.7 Å². The van der Waals surface area contributed by atoms with E-state index in [-0.39, 0.29) is 0 Å². The molecule has 1 aromatic carbocycles. The fraction of sp³-hybridized carbons (Fsp3) is 0.273. The van der Waals surface area contributed by atoms with Gasteiger partial charge in [0.05, 0.1) is 20.6 Å². The molecule has 0 atom stereocenters. The first-order chi connectivity index (χ1) is 6.61. The molecule has 0 aromatic heterocycles. The van der Waals surface area contributed by atoms with Crippen LogP contribution >= 0.6 is 23.4 Å². The minimum absolute atomic E-state index is 0.843. The Kier molecular flexibility index (Phi) is 2.50. The molecular weight excluding hydrogens is 214 g/mol. The highest BCUT2D eigenvalue weighted by atomic mass is 35.5. The maximum Gasteiger partial charge on any atom is 0.0785 e. The summed E-state index contributed by atoms with van der Waals surface area (Å²) >= 11 is 7.89. The first kappa shape index (κ1) is 9.94. The fourth-order valence-electron chi connectivity index (χ4n) is 1.57. The van der Waals surface area contributed by atoms with Gasteiger partial charge < -0.3 is 4.90 Å². The van der Waals surface area contributed by atoms with Crippen LogP contribution in [0.2, 0.25) is 5.02 Å². The number of benzene rings is 1. The summed E-state index contributed by atoms with van der Waals surface area (Å²) in [5.41, 5.74) is 2.53. The molecule has 74 valence electrons. The molecule has 0 fully saturated rings. The number of thioether (sulfide) groups is 1. The summed E-state index contributed by atoms with van der Waals surface area (Å²) in [6, 6.07) is 6.03. The average Bonchev–Trinajstić information content (AvgIpc) is 2.46. The van der Waals surface area contributed by atoms with Crippen molar-refractivity contribution in [1.29, 1.82) is 0 Å². The highest BCUT2D eigenvalue weighted by Crippen LogP contribution is 2.49. The van der Waals surface area contributed by atoms with Gasteiger partial charge in [0.25, 0.3) is 0 Å². The van der Waals surface area contributed by atoms with E-state index in [0.717, 1.165) is 5.02 Å². The monoisotopic (exact) mass is 225 g/mol. The van der Waals surface area contributed by atoms with Gasteiger partial charge in [0, 0.05) is 7.05 Å². The summed E-state index contributed by atoms with van der Waals surface area (Å²) in [5, 5.41) is 2.13. The van der Waals surface area contributed by atoms with E-state index in [1.807, 2.05) is 12.1 Å². The lowest BCUT2D eigenvalue weighted by atomic mass is 10.3. The topological polar surface area (TPSA) is 3.24 Å². The Morgan fingerprint density at radius 3 is 2.64 bits per heavy atom. The minimum Gasteiger partial charge on any atom is -0.338 e. The van der Waals surface area contributed by atoms with Crippen LogP contribution in [0.25, 0.3) is 0 Å². The number of nitrogens with zero attached hydrogens (tertiary/aromatic N) is 1. The SMILES string of the molecule is CC(C)=C1Sc2c(Cl)cccc2N1C. The van der Waals surface area contributed by atoms with Gasteiger partial charge in [-0.1, -0.05) is 29.4 Å². The van der Waals surface area contributed by atoms with Crippen molar-refractivity contribution in [2.45, 2.75) is 18.7 Å². The third-order valence-electron chi connectivity index (χ3n) is 2.24. The van der Waals surface area contributed by atoms with Crippen molar-refractivity contribution in [3.05, 3.63) is 33.8 Å². The van der Waals surface area contributed by atoms with Crippen molar-refractivity contribution in [2.75, 3.05) is 11.9 Å². The highest BCUT2D eigenvalue weighted by Gasteiger charge is 2.24. The Hall–Kier alpha value is -0.600. The van der Waals surface area contributed by atoms with Crippen LogP contribution in [-0.2, 0) is 0 Å². The largest absolute Gasteiger partial charge is 0.338 e. The van der Waals surface area contributed by atoms with Crippen molar-refractivity contribution in [1.82, 2.24) is 0 Å². The van der Waals surface area contributed by atoms with Crippen LogP contribution in [-0.4, -0.2) is 7.05 Å². The Bertz CT molecular complexity index is 408. The van der Waals surface area contributed by atoms with Crippen LogP contribution in [0.5, 0.6) is 0 Å². The Morgan fingerprint density at radius 2 is 2.07 bits per heavy atom. The first-order valence-electron chi connectivity index (χ1n) is 4.49. The van der Waals surface area contributed by atoms with Crippen LogP contribution < -0.4 is 4.90 Å². The van der Waals surface area contributed by atoms with Gasteiger partial charge in [0.1, 0.15) is 0 Å². The summed E-state index contributed by atoms with van der Waals surface area (Å²) in [6.45, 7) is 4.25. The minimum atomic E-state index is 0.843. The number of allylic oxidation sites excluding steroid dienone is 1. The van der Waals surface area contributed by atoms with Crippen molar-refractivity contribution in [3.63, 3.8) is 0 Å². The van der Waals surface area contributed by atoms with Gasteiger partial charge in [-0.3, -0.25) is 0 Å². The maximum absolute atomic E-state index is 6.13. The second-order valence-corrected chi connectivity index (χ2v) is 4.96. The van der Waals surface area contributed by atoms with E-state index in [1.54, 1.807) is 11.8 Å². The number of halogens is 1. The lowest BCUT2D eigenvalue weighted by Gasteiger charge is -2.14. The molecule has 0 spiro atoms.